The molecule has 1 aliphatic rings. The van der Waals surface area contributed by atoms with Crippen molar-refractivity contribution in [1.82, 2.24) is 14.9 Å². The van der Waals surface area contributed by atoms with Gasteiger partial charge in [0.1, 0.15) is 0 Å². The van der Waals surface area contributed by atoms with Crippen LogP contribution in [0.25, 0.3) is 0 Å². The van der Waals surface area contributed by atoms with Crippen LogP contribution < -0.4 is 10.0 Å². The third-order valence-corrected chi connectivity index (χ3v) is 5.45. The van der Waals surface area contributed by atoms with Gasteiger partial charge in [0.15, 0.2) is 0 Å². The Morgan fingerprint density at radius 3 is 2.57 bits per heavy atom. The monoisotopic (exact) mass is 361 g/mol. The van der Waals surface area contributed by atoms with Crippen molar-refractivity contribution in [2.45, 2.75) is 36.7 Å². The predicted octanol–water partition coefficient (Wildman–Crippen LogP) is 0.986. The Labute approximate surface area is 144 Å². The van der Waals surface area contributed by atoms with Crippen molar-refractivity contribution in [3.63, 3.8) is 0 Å². The molecule has 2 atom stereocenters. The maximum absolute atomic E-state index is 12.4. The van der Waals surface area contributed by atoms with Crippen molar-refractivity contribution < 1.29 is 13.2 Å². The molecule has 0 saturated carbocycles. The van der Waals surface area contributed by atoms with Crippen LogP contribution in [0.5, 0.6) is 0 Å². The second kappa shape index (κ2) is 8.63. The van der Waals surface area contributed by atoms with E-state index in [1.54, 1.807) is 30.0 Å². The third-order valence-electron chi connectivity index (χ3n) is 3.90. The topological polar surface area (TPSA) is 78.5 Å². The summed E-state index contributed by atoms with van der Waals surface area (Å²) in [6.07, 6.45) is 1.96. The molecule has 1 aliphatic heterocycles. The average Bonchev–Trinajstić information content (AvgIpc) is 2.54. The average molecular weight is 362 g/mol. The third kappa shape index (κ3) is 5.17. The van der Waals surface area contributed by atoms with Crippen LogP contribution in [0.15, 0.2) is 35.2 Å². The lowest BCUT2D eigenvalue weighted by atomic mass is 10.1. The number of carbonyl (C=O) groups excluding carboxylic acids is 1. The molecule has 1 amide bonds. The summed E-state index contributed by atoms with van der Waals surface area (Å²) in [7, 11) is -1.80. The molecule has 2 N–H and O–H groups in total. The normalized spacial score (nSPS) is 19.7. The van der Waals surface area contributed by atoms with Crippen LogP contribution in [0.2, 0.25) is 0 Å². The SMILES string of the molecule is CNC1CCCN(C(=O)C(C)NS(=O)(=O)c2ccccc2)C1.Cl. The molecule has 2 unspecified atom stereocenters. The second-order valence-electron chi connectivity index (χ2n) is 5.57. The van der Waals surface area contributed by atoms with Crippen molar-refractivity contribution in [3.05, 3.63) is 30.3 Å². The van der Waals surface area contributed by atoms with E-state index in [0.717, 1.165) is 12.8 Å². The first-order valence-corrected chi connectivity index (χ1v) is 8.96. The Balaban J connectivity index is 0.00000264. The summed E-state index contributed by atoms with van der Waals surface area (Å²) >= 11 is 0. The summed E-state index contributed by atoms with van der Waals surface area (Å²) in [5.41, 5.74) is 0. The molecule has 0 spiro atoms. The van der Waals surface area contributed by atoms with Gasteiger partial charge in [-0.05, 0) is 38.9 Å². The Morgan fingerprint density at radius 1 is 1.30 bits per heavy atom. The van der Waals surface area contributed by atoms with Crippen molar-refractivity contribution in [2.75, 3.05) is 20.1 Å². The number of nitrogens with one attached hydrogen (secondary N) is 2. The molecule has 0 aliphatic carbocycles. The number of likely N-dealkylation sites (tertiary alicyclic amines) is 1. The molecule has 1 fully saturated rings. The van der Waals surface area contributed by atoms with Gasteiger partial charge in [0.25, 0.3) is 0 Å². The molecule has 1 aromatic carbocycles. The summed E-state index contributed by atoms with van der Waals surface area (Å²) in [5, 5.41) is 3.17. The van der Waals surface area contributed by atoms with Crippen LogP contribution in [0.3, 0.4) is 0 Å². The van der Waals surface area contributed by atoms with E-state index >= 15 is 0 Å². The number of rotatable bonds is 5. The van der Waals surface area contributed by atoms with Crippen molar-refractivity contribution in [1.29, 1.82) is 0 Å². The minimum Gasteiger partial charge on any atom is -0.340 e. The van der Waals surface area contributed by atoms with Crippen LogP contribution >= 0.6 is 12.4 Å². The van der Waals surface area contributed by atoms with Gasteiger partial charge in [-0.3, -0.25) is 4.79 Å². The fourth-order valence-corrected chi connectivity index (χ4v) is 3.86. The summed E-state index contributed by atoms with van der Waals surface area (Å²) < 4.78 is 27.0. The summed E-state index contributed by atoms with van der Waals surface area (Å²) in [6, 6.07) is 7.58. The predicted molar refractivity (Wildman–Crippen MR) is 92.1 cm³/mol. The largest absolute Gasteiger partial charge is 0.340 e. The number of sulfonamides is 1. The molecule has 1 aromatic rings. The van der Waals surface area contributed by atoms with Crippen molar-refractivity contribution in [2.24, 2.45) is 0 Å². The molecular formula is C15H24ClN3O3S. The van der Waals surface area contributed by atoms with Crippen LogP contribution in [0, 0.1) is 0 Å². The first kappa shape index (κ1) is 19.9. The van der Waals surface area contributed by atoms with Gasteiger partial charge in [-0.25, -0.2) is 8.42 Å². The standard InChI is InChI=1S/C15H23N3O3S.ClH/c1-12(15(19)18-10-6-7-13(11-18)16-2)17-22(20,21)14-8-4-3-5-9-14;/h3-5,8-9,12-13,16-17H,6-7,10-11H2,1-2H3;1H. The van der Waals surface area contributed by atoms with Gasteiger partial charge < -0.3 is 10.2 Å². The van der Waals surface area contributed by atoms with Gasteiger partial charge in [-0.15, -0.1) is 12.4 Å². The van der Waals surface area contributed by atoms with E-state index in [-0.39, 0.29) is 29.3 Å². The van der Waals surface area contributed by atoms with Gasteiger partial charge in [-0.2, -0.15) is 4.72 Å². The Bertz CT molecular complexity index is 610. The Morgan fingerprint density at radius 2 is 1.96 bits per heavy atom. The molecular weight excluding hydrogens is 338 g/mol. The lowest BCUT2D eigenvalue weighted by Gasteiger charge is -2.34. The molecule has 1 saturated heterocycles. The van der Waals surface area contributed by atoms with Gasteiger partial charge in [0, 0.05) is 19.1 Å². The zero-order valence-corrected chi connectivity index (χ0v) is 15.0. The van der Waals surface area contributed by atoms with Gasteiger partial charge >= 0.3 is 0 Å². The smallest absolute Gasteiger partial charge is 0.241 e. The fourth-order valence-electron chi connectivity index (χ4n) is 2.64. The molecule has 23 heavy (non-hydrogen) atoms. The Kier molecular flexibility index (Phi) is 7.47. The van der Waals surface area contributed by atoms with E-state index in [1.807, 2.05) is 7.05 Å². The minimum absolute atomic E-state index is 0. The number of piperidine rings is 1. The minimum atomic E-state index is -3.68. The van der Waals surface area contributed by atoms with E-state index in [4.69, 9.17) is 0 Å². The fraction of sp³-hybridized carbons (Fsp3) is 0.533. The number of halogens is 1. The highest BCUT2D eigenvalue weighted by Gasteiger charge is 2.28. The number of nitrogens with zero attached hydrogens (tertiary/aromatic N) is 1. The number of benzene rings is 1. The lowest BCUT2D eigenvalue weighted by molar-refractivity contribution is -0.133. The molecule has 0 radical (unpaired) electrons. The van der Waals surface area contributed by atoms with Gasteiger partial charge in [0.2, 0.25) is 15.9 Å². The maximum Gasteiger partial charge on any atom is 0.241 e. The van der Waals surface area contributed by atoms with E-state index in [9.17, 15) is 13.2 Å². The number of hydrogen-bond acceptors (Lipinski definition) is 4. The number of hydrogen-bond donors (Lipinski definition) is 2. The molecule has 6 nitrogen and oxygen atoms in total. The number of amides is 1. The molecule has 0 aromatic heterocycles. The highest BCUT2D eigenvalue weighted by Crippen LogP contribution is 2.13. The quantitative estimate of drug-likeness (QED) is 0.819. The number of carbonyl (C=O) groups is 1. The molecule has 2 rings (SSSR count). The summed E-state index contributed by atoms with van der Waals surface area (Å²) in [4.78, 5) is 14.3. The lowest BCUT2D eigenvalue weighted by Crippen LogP contribution is -2.53. The molecule has 130 valence electrons. The highest BCUT2D eigenvalue weighted by molar-refractivity contribution is 7.89. The van der Waals surface area contributed by atoms with E-state index in [1.165, 1.54) is 12.1 Å². The van der Waals surface area contributed by atoms with Crippen molar-refractivity contribution in [3.8, 4) is 0 Å². The second-order valence-corrected chi connectivity index (χ2v) is 7.28. The van der Waals surface area contributed by atoms with Crippen LogP contribution in [-0.2, 0) is 14.8 Å². The van der Waals surface area contributed by atoms with E-state index in [0.29, 0.717) is 13.1 Å². The summed E-state index contributed by atoms with van der Waals surface area (Å²) in [5.74, 6) is -0.181. The van der Waals surface area contributed by atoms with Crippen molar-refractivity contribution >= 4 is 28.3 Å². The zero-order valence-electron chi connectivity index (χ0n) is 13.4. The molecule has 8 heteroatoms. The van der Waals surface area contributed by atoms with Crippen LogP contribution in [0.1, 0.15) is 19.8 Å². The van der Waals surface area contributed by atoms with Crippen LogP contribution in [0.4, 0.5) is 0 Å². The highest BCUT2D eigenvalue weighted by atomic mass is 35.5. The molecule has 1 heterocycles. The van der Waals surface area contributed by atoms with Gasteiger partial charge in [-0.1, -0.05) is 18.2 Å². The zero-order chi connectivity index (χ0) is 16.2. The van der Waals surface area contributed by atoms with E-state index in [2.05, 4.69) is 10.0 Å². The maximum atomic E-state index is 12.4. The number of likely N-dealkylation sites (N-methyl/N-ethyl adjacent to an activating group) is 1. The molecule has 0 bridgehead atoms. The van der Waals surface area contributed by atoms with E-state index < -0.39 is 16.1 Å². The van der Waals surface area contributed by atoms with Crippen LogP contribution in [-0.4, -0.2) is 51.4 Å². The van der Waals surface area contributed by atoms with Gasteiger partial charge in [0.05, 0.1) is 10.9 Å². The summed E-state index contributed by atoms with van der Waals surface area (Å²) in [6.45, 7) is 2.88. The first-order valence-electron chi connectivity index (χ1n) is 7.47. The Hall–Kier alpha value is -1.15. The first-order chi connectivity index (χ1) is 10.4.